The lowest BCUT2D eigenvalue weighted by Crippen LogP contribution is -2.45. The van der Waals surface area contributed by atoms with Crippen molar-refractivity contribution in [1.29, 1.82) is 0 Å². The summed E-state index contributed by atoms with van der Waals surface area (Å²) in [6.45, 7) is 7.54. The van der Waals surface area contributed by atoms with Gasteiger partial charge in [0.15, 0.2) is 0 Å². The van der Waals surface area contributed by atoms with E-state index in [-0.39, 0.29) is 5.91 Å². The van der Waals surface area contributed by atoms with E-state index in [9.17, 15) is 4.79 Å². The van der Waals surface area contributed by atoms with Crippen LogP contribution in [0.4, 0.5) is 0 Å². The molecule has 0 aliphatic carbocycles. The Morgan fingerprint density at radius 2 is 1.95 bits per heavy atom. The van der Waals surface area contributed by atoms with Gasteiger partial charge in [-0.2, -0.15) is 0 Å². The van der Waals surface area contributed by atoms with Gasteiger partial charge in [-0.25, -0.2) is 0 Å². The van der Waals surface area contributed by atoms with E-state index in [1.807, 2.05) is 24.3 Å². The number of hydrogen-bond acceptors (Lipinski definition) is 3. The molecular weight excluding hydrogens is 276 g/mol. The van der Waals surface area contributed by atoms with Gasteiger partial charge in [-0.05, 0) is 56.5 Å². The molecule has 1 atom stereocenters. The first kappa shape index (κ1) is 16.8. The van der Waals surface area contributed by atoms with Crippen molar-refractivity contribution in [3.8, 4) is 5.75 Å². The average Bonchev–Trinajstić information content (AvgIpc) is 2.54. The normalized spacial score (nSPS) is 18.0. The third-order valence-electron chi connectivity index (χ3n) is 4.56. The molecule has 4 nitrogen and oxygen atoms in total. The Morgan fingerprint density at radius 3 is 2.55 bits per heavy atom. The molecule has 1 fully saturated rings. The van der Waals surface area contributed by atoms with Crippen molar-refractivity contribution in [2.45, 2.75) is 39.2 Å². The zero-order valence-corrected chi connectivity index (χ0v) is 14.0. The van der Waals surface area contributed by atoms with Gasteiger partial charge >= 0.3 is 0 Å². The molecule has 1 saturated heterocycles. The number of likely N-dealkylation sites (tertiary alicyclic amines) is 1. The highest BCUT2D eigenvalue weighted by molar-refractivity contribution is 5.78. The van der Waals surface area contributed by atoms with Gasteiger partial charge < -0.3 is 10.1 Å². The largest absolute Gasteiger partial charge is 0.497 e. The molecule has 2 rings (SSSR count). The fraction of sp³-hybridized carbons (Fsp3) is 0.611. The molecule has 0 radical (unpaired) electrons. The maximum absolute atomic E-state index is 12.0. The fourth-order valence-electron chi connectivity index (χ4n) is 2.85. The maximum Gasteiger partial charge on any atom is 0.224 e. The molecule has 122 valence electrons. The quantitative estimate of drug-likeness (QED) is 0.878. The number of nitrogens with zero attached hydrogens (tertiary/aromatic N) is 1. The third kappa shape index (κ3) is 5.02. The monoisotopic (exact) mass is 304 g/mol. The van der Waals surface area contributed by atoms with Gasteiger partial charge in [0.2, 0.25) is 5.91 Å². The summed E-state index contributed by atoms with van der Waals surface area (Å²) in [5.41, 5.74) is 1.01. The van der Waals surface area contributed by atoms with Crippen molar-refractivity contribution in [2.24, 2.45) is 5.92 Å². The van der Waals surface area contributed by atoms with E-state index >= 15 is 0 Å². The number of amides is 1. The number of carbonyl (C=O) groups is 1. The van der Waals surface area contributed by atoms with E-state index in [0.717, 1.165) is 36.9 Å². The summed E-state index contributed by atoms with van der Waals surface area (Å²) in [6.07, 6.45) is 2.96. The molecule has 4 heteroatoms. The van der Waals surface area contributed by atoms with Crippen LogP contribution in [0.25, 0.3) is 0 Å². The minimum absolute atomic E-state index is 0.0856. The second-order valence-electron chi connectivity index (χ2n) is 6.40. The minimum Gasteiger partial charge on any atom is -0.497 e. The lowest BCUT2D eigenvalue weighted by Gasteiger charge is -2.35. The lowest BCUT2D eigenvalue weighted by molar-refractivity contribution is -0.120. The summed E-state index contributed by atoms with van der Waals surface area (Å²) in [4.78, 5) is 14.5. The summed E-state index contributed by atoms with van der Waals surface area (Å²) in [6, 6.07) is 8.06. The molecule has 1 aromatic rings. The third-order valence-corrected chi connectivity index (χ3v) is 4.56. The van der Waals surface area contributed by atoms with Gasteiger partial charge in [0.25, 0.3) is 0 Å². The van der Waals surface area contributed by atoms with E-state index in [4.69, 9.17) is 4.74 Å². The standard InChI is InChI=1S/C18H28N2O2/c1-14-8-10-20(11-9-14)15(2)13-19-18(21)12-16-4-6-17(22-3)7-5-16/h4-7,14-15H,8-13H2,1-3H3,(H,19,21). The number of ether oxygens (including phenoxy) is 1. The molecular formula is C18H28N2O2. The van der Waals surface area contributed by atoms with E-state index in [2.05, 4.69) is 24.1 Å². The SMILES string of the molecule is COc1ccc(CC(=O)NCC(C)N2CCC(C)CC2)cc1. The zero-order valence-electron chi connectivity index (χ0n) is 14.0. The van der Waals surface area contributed by atoms with Gasteiger partial charge in [-0.3, -0.25) is 9.69 Å². The van der Waals surface area contributed by atoms with Crippen molar-refractivity contribution in [3.63, 3.8) is 0 Å². The van der Waals surface area contributed by atoms with Crippen LogP contribution in [0.3, 0.4) is 0 Å². The van der Waals surface area contributed by atoms with E-state index in [1.54, 1.807) is 7.11 Å². The summed E-state index contributed by atoms with van der Waals surface area (Å²) < 4.78 is 5.12. The summed E-state index contributed by atoms with van der Waals surface area (Å²) >= 11 is 0. The Morgan fingerprint density at radius 1 is 1.32 bits per heavy atom. The Kier molecular flexibility index (Phi) is 6.25. The van der Waals surface area contributed by atoms with Crippen LogP contribution in [0.5, 0.6) is 5.75 Å². The predicted octanol–water partition coefficient (Wildman–Crippen LogP) is 2.47. The zero-order chi connectivity index (χ0) is 15.9. The van der Waals surface area contributed by atoms with Crippen molar-refractivity contribution in [2.75, 3.05) is 26.7 Å². The van der Waals surface area contributed by atoms with Crippen LogP contribution < -0.4 is 10.1 Å². The van der Waals surface area contributed by atoms with Gasteiger partial charge in [0.05, 0.1) is 13.5 Å². The number of carbonyl (C=O) groups excluding carboxylic acids is 1. The minimum atomic E-state index is 0.0856. The molecule has 0 bridgehead atoms. The number of hydrogen-bond donors (Lipinski definition) is 1. The van der Waals surface area contributed by atoms with Crippen LogP contribution in [0.15, 0.2) is 24.3 Å². The first-order valence-electron chi connectivity index (χ1n) is 8.22. The lowest BCUT2D eigenvalue weighted by atomic mass is 9.98. The molecule has 1 aromatic carbocycles. The van der Waals surface area contributed by atoms with Crippen LogP contribution >= 0.6 is 0 Å². The van der Waals surface area contributed by atoms with E-state index in [1.165, 1.54) is 12.8 Å². The van der Waals surface area contributed by atoms with Gasteiger partial charge in [-0.1, -0.05) is 19.1 Å². The van der Waals surface area contributed by atoms with Crippen molar-refractivity contribution < 1.29 is 9.53 Å². The molecule has 1 aliphatic rings. The summed E-state index contributed by atoms with van der Waals surface area (Å²) in [5, 5.41) is 3.06. The molecule has 1 heterocycles. The molecule has 22 heavy (non-hydrogen) atoms. The van der Waals surface area contributed by atoms with Gasteiger partial charge in [0.1, 0.15) is 5.75 Å². The number of rotatable bonds is 6. The topological polar surface area (TPSA) is 41.6 Å². The first-order chi connectivity index (χ1) is 10.6. The van der Waals surface area contributed by atoms with Crippen LogP contribution in [-0.4, -0.2) is 43.6 Å². The van der Waals surface area contributed by atoms with Crippen molar-refractivity contribution in [1.82, 2.24) is 10.2 Å². The smallest absolute Gasteiger partial charge is 0.224 e. The van der Waals surface area contributed by atoms with Crippen LogP contribution in [0, 0.1) is 5.92 Å². The van der Waals surface area contributed by atoms with Crippen LogP contribution in [-0.2, 0) is 11.2 Å². The number of nitrogens with one attached hydrogen (secondary N) is 1. The van der Waals surface area contributed by atoms with Crippen molar-refractivity contribution >= 4 is 5.91 Å². The molecule has 0 spiro atoms. The number of benzene rings is 1. The molecule has 1 unspecified atom stereocenters. The Labute approximate surface area is 133 Å². The van der Waals surface area contributed by atoms with Crippen LogP contribution in [0.1, 0.15) is 32.3 Å². The number of piperidine rings is 1. The highest BCUT2D eigenvalue weighted by atomic mass is 16.5. The highest BCUT2D eigenvalue weighted by Crippen LogP contribution is 2.17. The fourth-order valence-corrected chi connectivity index (χ4v) is 2.85. The molecule has 0 saturated carbocycles. The predicted molar refractivity (Wildman–Crippen MR) is 89.1 cm³/mol. The number of methoxy groups -OCH3 is 1. The second-order valence-corrected chi connectivity index (χ2v) is 6.40. The second kappa shape index (κ2) is 8.18. The Bertz CT molecular complexity index is 464. The molecule has 1 aliphatic heterocycles. The van der Waals surface area contributed by atoms with E-state index in [0.29, 0.717) is 12.5 Å². The van der Waals surface area contributed by atoms with Crippen LogP contribution in [0.2, 0.25) is 0 Å². The Hall–Kier alpha value is -1.55. The van der Waals surface area contributed by atoms with Crippen molar-refractivity contribution in [3.05, 3.63) is 29.8 Å². The average molecular weight is 304 g/mol. The summed E-state index contributed by atoms with van der Waals surface area (Å²) in [5.74, 6) is 1.74. The maximum atomic E-state index is 12.0. The molecule has 0 aromatic heterocycles. The van der Waals surface area contributed by atoms with Gasteiger partial charge in [-0.15, -0.1) is 0 Å². The van der Waals surface area contributed by atoms with E-state index < -0.39 is 0 Å². The van der Waals surface area contributed by atoms with Gasteiger partial charge in [0, 0.05) is 12.6 Å². The summed E-state index contributed by atoms with van der Waals surface area (Å²) in [7, 11) is 1.64. The Balaban J connectivity index is 1.72. The highest BCUT2D eigenvalue weighted by Gasteiger charge is 2.20. The first-order valence-corrected chi connectivity index (χ1v) is 8.22. The molecule has 1 amide bonds. The molecule has 1 N–H and O–H groups in total.